The topological polar surface area (TPSA) is 73.8 Å². The molecule has 140 valence electrons. The number of sulfonamides is 1. The van der Waals surface area contributed by atoms with Crippen molar-refractivity contribution in [1.29, 1.82) is 0 Å². The Bertz CT molecular complexity index is 900. The molecular formula is C18H23IN4O2S. The van der Waals surface area contributed by atoms with Gasteiger partial charge in [0.2, 0.25) is 10.0 Å². The van der Waals surface area contributed by atoms with E-state index < -0.39 is 10.0 Å². The van der Waals surface area contributed by atoms with Crippen molar-refractivity contribution in [2.24, 2.45) is 4.99 Å². The van der Waals surface area contributed by atoms with Crippen molar-refractivity contribution >= 4 is 51.3 Å². The van der Waals surface area contributed by atoms with Crippen LogP contribution < -0.4 is 14.9 Å². The molecule has 0 radical (unpaired) electrons. The second-order valence-corrected chi connectivity index (χ2v) is 7.75. The van der Waals surface area contributed by atoms with Gasteiger partial charge in [0, 0.05) is 31.5 Å². The van der Waals surface area contributed by atoms with E-state index in [1.54, 1.807) is 13.1 Å². The molecule has 0 aromatic heterocycles. The SMILES string of the molecule is CN=C(NCc1cccc(NS(C)(=O)=O)c1)N1CCc2ccccc21.I. The number of rotatable bonds is 4. The molecule has 0 spiro atoms. The highest BCUT2D eigenvalue weighted by molar-refractivity contribution is 14.0. The number of halogens is 1. The fourth-order valence-electron chi connectivity index (χ4n) is 2.99. The van der Waals surface area contributed by atoms with Crippen LogP contribution in [0, 0.1) is 0 Å². The lowest BCUT2D eigenvalue weighted by molar-refractivity contribution is 0.607. The Balaban J connectivity index is 0.00000243. The number of anilines is 2. The summed E-state index contributed by atoms with van der Waals surface area (Å²) < 4.78 is 25.2. The van der Waals surface area contributed by atoms with Gasteiger partial charge >= 0.3 is 0 Å². The van der Waals surface area contributed by atoms with Crippen molar-refractivity contribution in [3.63, 3.8) is 0 Å². The molecule has 1 aliphatic heterocycles. The van der Waals surface area contributed by atoms with Crippen LogP contribution in [0.1, 0.15) is 11.1 Å². The van der Waals surface area contributed by atoms with E-state index in [1.165, 1.54) is 11.3 Å². The molecule has 0 unspecified atom stereocenters. The molecule has 0 bridgehead atoms. The molecule has 8 heteroatoms. The first-order valence-corrected chi connectivity index (χ1v) is 9.98. The van der Waals surface area contributed by atoms with E-state index in [2.05, 4.69) is 38.1 Å². The molecule has 2 N–H and O–H groups in total. The molecule has 0 aliphatic carbocycles. The molecule has 0 saturated carbocycles. The van der Waals surface area contributed by atoms with Crippen LogP contribution >= 0.6 is 24.0 Å². The van der Waals surface area contributed by atoms with Gasteiger partial charge in [0.1, 0.15) is 0 Å². The predicted octanol–water partition coefficient (Wildman–Crippen LogP) is 2.81. The first kappa shape index (κ1) is 20.5. The Morgan fingerprint density at radius 1 is 1.19 bits per heavy atom. The predicted molar refractivity (Wildman–Crippen MR) is 118 cm³/mol. The summed E-state index contributed by atoms with van der Waals surface area (Å²) in [6.07, 6.45) is 2.15. The van der Waals surface area contributed by atoms with Gasteiger partial charge in [-0.2, -0.15) is 0 Å². The zero-order chi connectivity index (χ0) is 17.9. The Labute approximate surface area is 171 Å². The molecule has 2 aromatic carbocycles. The normalized spacial score (nSPS) is 13.8. The molecule has 0 amide bonds. The van der Waals surface area contributed by atoms with E-state index >= 15 is 0 Å². The molecule has 1 aliphatic rings. The van der Waals surface area contributed by atoms with Crippen molar-refractivity contribution in [3.8, 4) is 0 Å². The molecular weight excluding hydrogens is 463 g/mol. The number of fused-ring (bicyclic) bond motifs is 1. The van der Waals surface area contributed by atoms with E-state index in [9.17, 15) is 8.42 Å². The van der Waals surface area contributed by atoms with Gasteiger partial charge in [-0.1, -0.05) is 30.3 Å². The number of hydrogen-bond acceptors (Lipinski definition) is 3. The Morgan fingerprint density at radius 3 is 2.69 bits per heavy atom. The van der Waals surface area contributed by atoms with Gasteiger partial charge in [0.15, 0.2) is 5.96 Å². The molecule has 3 rings (SSSR count). The summed E-state index contributed by atoms with van der Waals surface area (Å²) in [6, 6.07) is 15.7. The molecule has 0 fully saturated rings. The maximum atomic E-state index is 11.4. The third-order valence-corrected chi connectivity index (χ3v) is 4.64. The highest BCUT2D eigenvalue weighted by Crippen LogP contribution is 2.27. The van der Waals surface area contributed by atoms with Crippen molar-refractivity contribution in [2.75, 3.05) is 29.5 Å². The van der Waals surface area contributed by atoms with Gasteiger partial charge in [-0.3, -0.25) is 9.71 Å². The highest BCUT2D eigenvalue weighted by Gasteiger charge is 2.22. The molecule has 26 heavy (non-hydrogen) atoms. The fraction of sp³-hybridized carbons (Fsp3) is 0.278. The van der Waals surface area contributed by atoms with Gasteiger partial charge in [0.05, 0.1) is 6.26 Å². The maximum absolute atomic E-state index is 11.4. The van der Waals surface area contributed by atoms with Gasteiger partial charge < -0.3 is 10.2 Å². The quantitative estimate of drug-likeness (QED) is 0.396. The second-order valence-electron chi connectivity index (χ2n) is 6.01. The molecule has 0 saturated heterocycles. The number of aliphatic imine (C=N–C) groups is 1. The monoisotopic (exact) mass is 486 g/mol. The van der Waals surface area contributed by atoms with Crippen LogP contribution in [0.4, 0.5) is 11.4 Å². The minimum Gasteiger partial charge on any atom is -0.352 e. The highest BCUT2D eigenvalue weighted by atomic mass is 127. The smallest absolute Gasteiger partial charge is 0.229 e. The van der Waals surface area contributed by atoms with Gasteiger partial charge in [-0.05, 0) is 35.7 Å². The largest absolute Gasteiger partial charge is 0.352 e. The lowest BCUT2D eigenvalue weighted by Crippen LogP contribution is -2.40. The summed E-state index contributed by atoms with van der Waals surface area (Å²) in [5.74, 6) is 0.812. The van der Waals surface area contributed by atoms with E-state index in [0.29, 0.717) is 12.2 Å². The van der Waals surface area contributed by atoms with Gasteiger partial charge in [0.25, 0.3) is 0 Å². The fourth-order valence-corrected chi connectivity index (χ4v) is 3.55. The van der Waals surface area contributed by atoms with E-state index in [4.69, 9.17) is 0 Å². The summed E-state index contributed by atoms with van der Waals surface area (Å²) in [5.41, 5.74) is 4.04. The van der Waals surface area contributed by atoms with Crippen molar-refractivity contribution in [3.05, 3.63) is 59.7 Å². The minimum atomic E-state index is -3.28. The van der Waals surface area contributed by atoms with Crippen LogP contribution in [-0.4, -0.2) is 34.2 Å². The summed E-state index contributed by atoms with van der Waals surface area (Å²) in [4.78, 5) is 6.56. The number of nitrogens with zero attached hydrogens (tertiary/aromatic N) is 2. The zero-order valence-corrected chi connectivity index (χ0v) is 17.9. The Morgan fingerprint density at radius 2 is 1.96 bits per heavy atom. The second kappa shape index (κ2) is 8.72. The van der Waals surface area contributed by atoms with Crippen LogP contribution in [0.5, 0.6) is 0 Å². The molecule has 6 nitrogen and oxygen atoms in total. The van der Waals surface area contributed by atoms with E-state index in [1.807, 2.05) is 24.3 Å². The number of hydrogen-bond donors (Lipinski definition) is 2. The Hall–Kier alpha value is -1.81. The maximum Gasteiger partial charge on any atom is 0.229 e. The van der Waals surface area contributed by atoms with Crippen molar-refractivity contribution in [1.82, 2.24) is 5.32 Å². The lowest BCUT2D eigenvalue weighted by atomic mass is 10.2. The van der Waals surface area contributed by atoms with Crippen LogP contribution in [0.3, 0.4) is 0 Å². The summed E-state index contributed by atoms with van der Waals surface area (Å²) in [5, 5.41) is 3.36. The van der Waals surface area contributed by atoms with Crippen molar-refractivity contribution < 1.29 is 8.42 Å². The van der Waals surface area contributed by atoms with Crippen LogP contribution in [0.2, 0.25) is 0 Å². The van der Waals surface area contributed by atoms with Crippen LogP contribution in [0.15, 0.2) is 53.5 Å². The van der Waals surface area contributed by atoms with E-state index in [-0.39, 0.29) is 24.0 Å². The number of benzene rings is 2. The standard InChI is InChI=1S/C18H22N4O2S.HI/c1-19-18(22-11-10-15-7-3-4-9-17(15)22)20-13-14-6-5-8-16(12-14)21-25(2,23)24;/h3-9,12,21H,10-11,13H2,1-2H3,(H,19,20);1H. The third kappa shape index (κ3) is 5.10. The van der Waals surface area contributed by atoms with Gasteiger partial charge in [-0.15, -0.1) is 24.0 Å². The van der Waals surface area contributed by atoms with E-state index in [0.717, 1.165) is 30.7 Å². The number of nitrogens with one attached hydrogen (secondary N) is 2. The Kier molecular flexibility index (Phi) is 6.87. The average molecular weight is 486 g/mol. The number of para-hydroxylation sites is 1. The van der Waals surface area contributed by atoms with Gasteiger partial charge in [-0.25, -0.2) is 8.42 Å². The molecule has 1 heterocycles. The minimum absolute atomic E-state index is 0. The average Bonchev–Trinajstić information content (AvgIpc) is 2.99. The van der Waals surface area contributed by atoms with Crippen LogP contribution in [0.25, 0.3) is 0 Å². The number of guanidine groups is 1. The van der Waals surface area contributed by atoms with Crippen molar-refractivity contribution in [2.45, 2.75) is 13.0 Å². The third-order valence-electron chi connectivity index (χ3n) is 4.04. The summed E-state index contributed by atoms with van der Waals surface area (Å²) in [6.45, 7) is 1.46. The first-order chi connectivity index (χ1) is 12.0. The van der Waals surface area contributed by atoms with Crippen LogP contribution in [-0.2, 0) is 23.0 Å². The summed E-state index contributed by atoms with van der Waals surface area (Å²) >= 11 is 0. The zero-order valence-electron chi connectivity index (χ0n) is 14.8. The first-order valence-electron chi connectivity index (χ1n) is 8.09. The summed E-state index contributed by atoms with van der Waals surface area (Å²) in [7, 11) is -1.51. The molecule has 0 atom stereocenters. The molecule has 2 aromatic rings. The lowest BCUT2D eigenvalue weighted by Gasteiger charge is -2.22.